The predicted octanol–water partition coefficient (Wildman–Crippen LogP) is 7.17. The van der Waals surface area contributed by atoms with Crippen molar-refractivity contribution < 1.29 is 19.5 Å². The average molecular weight is 829 g/mol. The Labute approximate surface area is 356 Å². The van der Waals surface area contributed by atoms with Gasteiger partial charge in [-0.25, -0.2) is 0 Å². The second kappa shape index (κ2) is 21.6. The van der Waals surface area contributed by atoms with E-state index in [9.17, 15) is 10.1 Å². The number of piperidine rings is 4. The zero-order valence-corrected chi connectivity index (χ0v) is 36.6. The van der Waals surface area contributed by atoms with Gasteiger partial charge in [-0.3, -0.25) is 19.5 Å². The molecule has 328 valence electrons. The van der Waals surface area contributed by atoms with Crippen LogP contribution in [-0.4, -0.2) is 125 Å². The van der Waals surface area contributed by atoms with E-state index in [0.717, 1.165) is 99.0 Å². The summed E-state index contributed by atoms with van der Waals surface area (Å²) in [5.74, 6) is 1.06. The number of aliphatic hydroxyl groups excluding tert-OH is 1. The maximum absolute atomic E-state index is 11.6. The van der Waals surface area contributed by atoms with E-state index in [1.165, 1.54) is 90.3 Å². The van der Waals surface area contributed by atoms with Crippen molar-refractivity contribution in [1.82, 2.24) is 29.4 Å². The Morgan fingerprint density at radius 1 is 0.667 bits per heavy atom. The SMILES string of the molecule is CCn1cc(-c2cc(N)c(OC)cc2N2CCC(N3CCCCC3)CC2)cn1.CCn1cc(-c2cc([N+](=O)[O-])c(OC)cc2N2CCC(N3CCCCC3)CC2)cn1.CO. The number of anilines is 3. The highest BCUT2D eigenvalue weighted by Crippen LogP contribution is 2.42. The highest BCUT2D eigenvalue weighted by molar-refractivity contribution is 5.84. The summed E-state index contributed by atoms with van der Waals surface area (Å²) >= 11 is 0. The molecule has 0 aliphatic carbocycles. The largest absolute Gasteiger partial charge is 0.495 e. The van der Waals surface area contributed by atoms with Crippen molar-refractivity contribution in [3.8, 4) is 33.8 Å². The number of nitrogens with zero attached hydrogens (tertiary/aromatic N) is 9. The topological polar surface area (TPSA) is 156 Å². The molecule has 4 aliphatic heterocycles. The van der Waals surface area contributed by atoms with Gasteiger partial charge in [0.2, 0.25) is 0 Å². The number of likely N-dealkylation sites (tertiary alicyclic amines) is 2. The lowest BCUT2D eigenvalue weighted by Crippen LogP contribution is -2.46. The second-order valence-corrected chi connectivity index (χ2v) is 16.2. The third kappa shape index (κ3) is 10.5. The Balaban J connectivity index is 0.000000194. The zero-order valence-electron chi connectivity index (χ0n) is 36.6. The van der Waals surface area contributed by atoms with E-state index in [2.05, 4.69) is 49.0 Å². The number of nitro groups is 1. The minimum absolute atomic E-state index is 0.0105. The number of aryl methyl sites for hydroxylation is 2. The number of nitrogen functional groups attached to an aromatic ring is 1. The highest BCUT2D eigenvalue weighted by Gasteiger charge is 2.30. The third-order valence-electron chi connectivity index (χ3n) is 12.8. The van der Waals surface area contributed by atoms with Crippen molar-refractivity contribution in [3.05, 3.63) is 59.2 Å². The van der Waals surface area contributed by atoms with E-state index >= 15 is 0 Å². The summed E-state index contributed by atoms with van der Waals surface area (Å²) in [7, 11) is 4.18. The number of benzene rings is 2. The van der Waals surface area contributed by atoms with Crippen LogP contribution < -0.4 is 25.0 Å². The fourth-order valence-electron chi connectivity index (χ4n) is 9.47. The molecular formula is C45H68N10O5. The van der Waals surface area contributed by atoms with Crippen LogP contribution in [0.25, 0.3) is 22.3 Å². The summed E-state index contributed by atoms with van der Waals surface area (Å²) in [6.45, 7) is 14.8. The normalized spacial score (nSPS) is 18.3. The van der Waals surface area contributed by atoms with Crippen LogP contribution in [-0.2, 0) is 13.1 Å². The van der Waals surface area contributed by atoms with Gasteiger partial charge in [0.1, 0.15) is 5.75 Å². The Hall–Kier alpha value is -4.86. The van der Waals surface area contributed by atoms with E-state index in [4.69, 9.17) is 20.3 Å². The number of aromatic nitrogens is 4. The summed E-state index contributed by atoms with van der Waals surface area (Å²) in [5.41, 5.74) is 13.1. The number of methoxy groups -OCH3 is 2. The summed E-state index contributed by atoms with van der Waals surface area (Å²) < 4.78 is 14.7. The van der Waals surface area contributed by atoms with Gasteiger partial charge in [-0.1, -0.05) is 12.8 Å². The van der Waals surface area contributed by atoms with Crippen LogP contribution in [0.3, 0.4) is 0 Å². The first kappa shape index (κ1) is 44.7. The van der Waals surface area contributed by atoms with Crippen molar-refractivity contribution in [2.45, 2.75) is 103 Å². The van der Waals surface area contributed by atoms with Gasteiger partial charge in [-0.05, 0) is 97.5 Å². The van der Waals surface area contributed by atoms with Crippen LogP contribution >= 0.6 is 0 Å². The Bertz CT molecular complexity index is 1960. The lowest BCUT2D eigenvalue weighted by Gasteiger charge is -2.41. The van der Waals surface area contributed by atoms with Gasteiger partial charge in [0.05, 0.1) is 37.2 Å². The summed E-state index contributed by atoms with van der Waals surface area (Å²) in [5, 5.41) is 27.5. The number of hydrogen-bond donors (Lipinski definition) is 2. The molecule has 6 heterocycles. The van der Waals surface area contributed by atoms with Gasteiger partial charge in [0.25, 0.3) is 0 Å². The maximum atomic E-state index is 11.6. The van der Waals surface area contributed by atoms with Crippen LogP contribution in [0.15, 0.2) is 49.1 Å². The van der Waals surface area contributed by atoms with E-state index in [-0.39, 0.29) is 10.6 Å². The molecule has 4 aromatic rings. The van der Waals surface area contributed by atoms with Crippen molar-refractivity contribution in [1.29, 1.82) is 0 Å². The number of ether oxygens (including phenoxy) is 2. The number of nitro benzene ring substituents is 1. The van der Waals surface area contributed by atoms with Gasteiger partial charge in [-0.2, -0.15) is 10.2 Å². The quantitative estimate of drug-likeness (QED) is 0.0895. The Kier molecular flexibility index (Phi) is 16.1. The summed E-state index contributed by atoms with van der Waals surface area (Å²) in [6.07, 6.45) is 20.6. The van der Waals surface area contributed by atoms with Crippen LogP contribution in [0.5, 0.6) is 11.5 Å². The molecule has 0 radical (unpaired) electrons. The van der Waals surface area contributed by atoms with Gasteiger partial charge in [0.15, 0.2) is 5.75 Å². The van der Waals surface area contributed by atoms with Gasteiger partial charge >= 0.3 is 5.69 Å². The summed E-state index contributed by atoms with van der Waals surface area (Å²) in [4.78, 5) is 21.5. The van der Waals surface area contributed by atoms with Crippen molar-refractivity contribution in [2.24, 2.45) is 0 Å². The van der Waals surface area contributed by atoms with E-state index in [1.54, 1.807) is 19.4 Å². The first-order valence-electron chi connectivity index (χ1n) is 22.1. The third-order valence-corrected chi connectivity index (χ3v) is 12.8. The van der Waals surface area contributed by atoms with Crippen LogP contribution in [0.2, 0.25) is 0 Å². The highest BCUT2D eigenvalue weighted by atomic mass is 16.6. The molecule has 0 spiro atoms. The molecule has 4 saturated heterocycles. The molecule has 60 heavy (non-hydrogen) atoms. The molecule has 3 N–H and O–H groups in total. The van der Waals surface area contributed by atoms with Crippen LogP contribution in [0, 0.1) is 10.1 Å². The monoisotopic (exact) mass is 829 g/mol. The van der Waals surface area contributed by atoms with Crippen molar-refractivity contribution in [2.75, 3.05) is 89.2 Å². The fraction of sp³-hybridized carbons (Fsp3) is 0.600. The molecule has 0 bridgehead atoms. The first-order valence-corrected chi connectivity index (χ1v) is 22.1. The second-order valence-electron chi connectivity index (χ2n) is 16.2. The molecule has 15 heteroatoms. The minimum atomic E-state index is -0.376. The fourth-order valence-corrected chi connectivity index (χ4v) is 9.47. The molecule has 8 rings (SSSR count). The van der Waals surface area contributed by atoms with Gasteiger partial charge < -0.3 is 39.9 Å². The molecule has 0 amide bonds. The lowest BCUT2D eigenvalue weighted by molar-refractivity contribution is -0.385. The van der Waals surface area contributed by atoms with E-state index < -0.39 is 0 Å². The van der Waals surface area contributed by atoms with Crippen LogP contribution in [0.4, 0.5) is 22.7 Å². The standard InChI is InChI=1S/C22H31N5O3.C22H33N5O.CH4O/c1-3-26-16-17(15-23-26)19-13-21(27(28)29)22(30-2)14-20(19)25-11-7-18(8-12-25)24-9-5-4-6-10-24;1-3-27-16-17(15-24-27)19-13-20(23)22(28-2)14-21(19)26-11-7-18(8-12-26)25-9-5-4-6-10-25;1-2/h13-16,18H,3-12H2,1-2H3;13-16,18H,3-12,23H2,1-2H3;2H,1H3. The lowest BCUT2D eigenvalue weighted by atomic mass is 9.97. The van der Waals surface area contributed by atoms with Gasteiger partial charge in [-0.15, -0.1) is 0 Å². The Morgan fingerprint density at radius 2 is 1.08 bits per heavy atom. The van der Waals surface area contributed by atoms with Crippen molar-refractivity contribution >= 4 is 22.7 Å². The molecule has 0 unspecified atom stereocenters. The average Bonchev–Trinajstić information content (AvgIpc) is 4.01. The molecule has 4 fully saturated rings. The molecule has 0 saturated carbocycles. The first-order chi connectivity index (χ1) is 29.3. The number of aliphatic hydroxyl groups is 1. The minimum Gasteiger partial charge on any atom is -0.495 e. The van der Waals surface area contributed by atoms with E-state index in [0.29, 0.717) is 17.5 Å². The molecule has 4 aliphatic rings. The molecule has 15 nitrogen and oxygen atoms in total. The number of nitrogens with two attached hydrogens (primary N) is 1. The molecular weight excluding hydrogens is 761 g/mol. The van der Waals surface area contributed by atoms with Gasteiger partial charge in [0, 0.05) is 123 Å². The number of hydrogen-bond acceptors (Lipinski definition) is 12. The number of rotatable bonds is 11. The molecule has 2 aromatic heterocycles. The molecule has 2 aromatic carbocycles. The molecule has 0 atom stereocenters. The van der Waals surface area contributed by atoms with E-state index in [1.807, 2.05) is 40.8 Å². The summed E-state index contributed by atoms with van der Waals surface area (Å²) in [6, 6.07) is 9.00. The predicted molar refractivity (Wildman–Crippen MR) is 240 cm³/mol. The smallest absolute Gasteiger partial charge is 0.311 e. The van der Waals surface area contributed by atoms with Crippen molar-refractivity contribution in [3.63, 3.8) is 0 Å². The van der Waals surface area contributed by atoms with Crippen LogP contribution in [0.1, 0.15) is 78.1 Å². The zero-order chi connectivity index (χ0) is 42.6. The maximum Gasteiger partial charge on any atom is 0.311 e. The Morgan fingerprint density at radius 3 is 1.47 bits per heavy atom.